The molecule has 0 aliphatic rings. The molecule has 0 radical (unpaired) electrons. The van der Waals surface area contributed by atoms with Gasteiger partial charge in [0.25, 0.3) is 0 Å². The summed E-state index contributed by atoms with van der Waals surface area (Å²) in [5, 5.41) is 0.987. The number of sulfonamides is 1. The van der Waals surface area contributed by atoms with E-state index in [-0.39, 0.29) is 21.9 Å². The number of nitrogens with one attached hydrogen (secondary N) is 1. The number of aryl methyl sites for hydroxylation is 1. The first-order chi connectivity index (χ1) is 13.6. The van der Waals surface area contributed by atoms with Gasteiger partial charge < -0.3 is 0 Å². The fourth-order valence-electron chi connectivity index (χ4n) is 2.68. The molecule has 1 aromatic heterocycles. The van der Waals surface area contributed by atoms with Crippen LogP contribution in [0.5, 0.6) is 0 Å². The standard InChI is InChI=1S/C19H17ClFNO4S3/c1-13-11-16(8-9-17(13)21)29(25,26)22-12-19(18-3-2-10-27-18)28(23,24)15-6-4-14(20)5-7-15/h2-11,19,22H,12H2,1H3/t19-/m0/s1. The third-order valence-electron chi connectivity index (χ3n) is 4.28. The van der Waals surface area contributed by atoms with Crippen molar-refractivity contribution in [3.05, 3.63) is 81.3 Å². The number of hydrogen-bond donors (Lipinski definition) is 1. The van der Waals surface area contributed by atoms with E-state index in [4.69, 9.17) is 11.6 Å². The highest BCUT2D eigenvalue weighted by Crippen LogP contribution is 2.32. The van der Waals surface area contributed by atoms with Crippen molar-refractivity contribution >= 4 is 42.8 Å². The molecule has 3 aromatic rings. The van der Waals surface area contributed by atoms with Crippen LogP contribution in [0.2, 0.25) is 5.02 Å². The third-order valence-corrected chi connectivity index (χ3v) is 9.18. The Hall–Kier alpha value is -1.78. The maximum atomic E-state index is 13.5. The van der Waals surface area contributed by atoms with Crippen LogP contribution in [0.15, 0.2) is 69.8 Å². The molecular formula is C19H17ClFNO4S3. The Labute approximate surface area is 178 Å². The summed E-state index contributed by atoms with van der Waals surface area (Å²) in [6.07, 6.45) is 0. The van der Waals surface area contributed by atoms with Crippen molar-refractivity contribution in [1.82, 2.24) is 4.72 Å². The highest BCUT2D eigenvalue weighted by molar-refractivity contribution is 7.92. The Morgan fingerprint density at radius 2 is 1.69 bits per heavy atom. The zero-order valence-electron chi connectivity index (χ0n) is 15.2. The van der Waals surface area contributed by atoms with E-state index in [9.17, 15) is 21.2 Å². The summed E-state index contributed by atoms with van der Waals surface area (Å²) in [5.74, 6) is -0.522. The maximum Gasteiger partial charge on any atom is 0.240 e. The number of sulfone groups is 1. The van der Waals surface area contributed by atoms with Gasteiger partial charge in [-0.3, -0.25) is 0 Å². The van der Waals surface area contributed by atoms with Gasteiger partial charge in [0, 0.05) is 16.4 Å². The Morgan fingerprint density at radius 1 is 1.03 bits per heavy atom. The summed E-state index contributed by atoms with van der Waals surface area (Å²) in [6.45, 7) is 1.08. The molecule has 1 N–H and O–H groups in total. The van der Waals surface area contributed by atoms with Gasteiger partial charge in [-0.25, -0.2) is 25.9 Å². The van der Waals surface area contributed by atoms with E-state index >= 15 is 0 Å². The normalized spacial score (nSPS) is 13.3. The molecule has 10 heteroatoms. The van der Waals surface area contributed by atoms with Crippen molar-refractivity contribution in [3.8, 4) is 0 Å². The highest BCUT2D eigenvalue weighted by atomic mass is 35.5. The minimum atomic E-state index is -4.03. The molecule has 0 saturated heterocycles. The smallest absolute Gasteiger partial charge is 0.223 e. The van der Waals surface area contributed by atoms with Crippen LogP contribution in [0.25, 0.3) is 0 Å². The highest BCUT2D eigenvalue weighted by Gasteiger charge is 2.31. The minimum Gasteiger partial charge on any atom is -0.223 e. The van der Waals surface area contributed by atoms with E-state index in [1.54, 1.807) is 17.5 Å². The van der Waals surface area contributed by atoms with Crippen molar-refractivity contribution in [2.45, 2.75) is 22.0 Å². The first-order valence-corrected chi connectivity index (χ1v) is 12.7. The first kappa shape index (κ1) is 21.9. The molecule has 2 aromatic carbocycles. The predicted molar refractivity (Wildman–Crippen MR) is 112 cm³/mol. The molecule has 5 nitrogen and oxygen atoms in total. The monoisotopic (exact) mass is 473 g/mol. The third kappa shape index (κ3) is 4.87. The SMILES string of the molecule is Cc1cc(S(=O)(=O)NC[C@@H](c2cccs2)S(=O)(=O)c2ccc(Cl)cc2)ccc1F. The largest absolute Gasteiger partial charge is 0.240 e. The van der Waals surface area contributed by atoms with Crippen LogP contribution in [-0.4, -0.2) is 23.4 Å². The van der Waals surface area contributed by atoms with Crippen LogP contribution < -0.4 is 4.72 Å². The number of rotatable bonds is 7. The van der Waals surface area contributed by atoms with Crippen LogP contribution in [0.4, 0.5) is 4.39 Å². The Balaban J connectivity index is 1.93. The summed E-state index contributed by atoms with van der Waals surface area (Å²) in [7, 11) is -7.93. The zero-order valence-corrected chi connectivity index (χ0v) is 18.4. The molecule has 0 amide bonds. The van der Waals surface area contributed by atoms with E-state index in [2.05, 4.69) is 4.72 Å². The molecule has 0 saturated carbocycles. The van der Waals surface area contributed by atoms with Gasteiger partial charge in [0.2, 0.25) is 10.0 Å². The van der Waals surface area contributed by atoms with Crippen molar-refractivity contribution in [1.29, 1.82) is 0 Å². The Bertz CT molecular complexity index is 1210. The van der Waals surface area contributed by atoms with Crippen molar-refractivity contribution < 1.29 is 21.2 Å². The molecule has 0 spiro atoms. The molecular weight excluding hydrogens is 457 g/mol. The number of halogens is 2. The molecule has 3 rings (SSSR count). The second-order valence-corrected chi connectivity index (χ2v) is 11.6. The molecule has 0 unspecified atom stereocenters. The second kappa shape index (κ2) is 8.53. The van der Waals surface area contributed by atoms with Gasteiger partial charge in [-0.15, -0.1) is 11.3 Å². The van der Waals surface area contributed by atoms with Crippen LogP contribution in [0.1, 0.15) is 15.7 Å². The van der Waals surface area contributed by atoms with Gasteiger partial charge in [0.1, 0.15) is 11.1 Å². The van der Waals surface area contributed by atoms with Gasteiger partial charge in [-0.2, -0.15) is 0 Å². The van der Waals surface area contributed by atoms with Crippen LogP contribution in [0.3, 0.4) is 0 Å². The molecule has 29 heavy (non-hydrogen) atoms. The van der Waals surface area contributed by atoms with Gasteiger partial charge in [-0.05, 0) is 66.4 Å². The number of hydrogen-bond acceptors (Lipinski definition) is 5. The van der Waals surface area contributed by atoms with Gasteiger partial charge in [0.05, 0.1) is 9.79 Å². The average Bonchev–Trinajstić information content (AvgIpc) is 3.18. The van der Waals surface area contributed by atoms with E-state index in [1.807, 2.05) is 0 Å². The second-order valence-electron chi connectivity index (χ2n) is 6.27. The summed E-state index contributed by atoms with van der Waals surface area (Å²) < 4.78 is 67.4. The fourth-order valence-corrected chi connectivity index (χ4v) is 6.83. The lowest BCUT2D eigenvalue weighted by Gasteiger charge is -2.18. The quantitative estimate of drug-likeness (QED) is 0.553. The lowest BCUT2D eigenvalue weighted by Crippen LogP contribution is -2.31. The summed E-state index contributed by atoms with van der Waals surface area (Å²) in [5.41, 5.74) is 0.177. The fraction of sp³-hybridized carbons (Fsp3) is 0.158. The van der Waals surface area contributed by atoms with E-state index in [0.29, 0.717) is 9.90 Å². The van der Waals surface area contributed by atoms with Crippen LogP contribution in [-0.2, 0) is 19.9 Å². The summed E-state index contributed by atoms with van der Waals surface area (Å²) in [6, 6.07) is 12.4. The molecule has 1 atom stereocenters. The Kier molecular flexibility index (Phi) is 6.45. The topological polar surface area (TPSA) is 80.3 Å². The number of thiophene rings is 1. The van der Waals surface area contributed by atoms with Gasteiger partial charge in [0.15, 0.2) is 9.84 Å². The Morgan fingerprint density at radius 3 is 2.28 bits per heavy atom. The lowest BCUT2D eigenvalue weighted by molar-refractivity contribution is 0.569. The van der Waals surface area contributed by atoms with Gasteiger partial charge >= 0.3 is 0 Å². The van der Waals surface area contributed by atoms with Gasteiger partial charge in [-0.1, -0.05) is 17.7 Å². The molecule has 154 valence electrons. The summed E-state index contributed by atoms with van der Waals surface area (Å²) >= 11 is 7.06. The number of benzene rings is 2. The zero-order chi connectivity index (χ0) is 21.2. The molecule has 0 aliphatic carbocycles. The molecule has 0 aliphatic heterocycles. The maximum absolute atomic E-state index is 13.5. The van der Waals surface area contributed by atoms with Crippen molar-refractivity contribution in [2.24, 2.45) is 0 Å². The minimum absolute atomic E-state index is 0.0390. The average molecular weight is 474 g/mol. The lowest BCUT2D eigenvalue weighted by atomic mass is 10.2. The van der Waals surface area contributed by atoms with Crippen molar-refractivity contribution in [2.75, 3.05) is 6.54 Å². The van der Waals surface area contributed by atoms with E-state index in [1.165, 1.54) is 48.6 Å². The predicted octanol–water partition coefficient (Wildman–Crippen LogP) is 4.34. The first-order valence-electron chi connectivity index (χ1n) is 8.40. The van der Waals surface area contributed by atoms with E-state index in [0.717, 1.165) is 12.1 Å². The van der Waals surface area contributed by atoms with E-state index < -0.39 is 30.9 Å². The van der Waals surface area contributed by atoms with Crippen molar-refractivity contribution in [3.63, 3.8) is 0 Å². The molecule has 0 fully saturated rings. The molecule has 0 bridgehead atoms. The van der Waals surface area contributed by atoms with Crippen LogP contribution in [0, 0.1) is 12.7 Å². The summed E-state index contributed by atoms with van der Waals surface area (Å²) in [4.78, 5) is 0.403. The van der Waals surface area contributed by atoms with Crippen LogP contribution >= 0.6 is 22.9 Å². The molecule has 1 heterocycles.